The molecule has 0 spiro atoms. The standard InChI is InChI=1S/C15H20ClN5O4S2/c1-3-4-5-26-14-11(13(24)20-14)19-12(23)10(21-25-2)8-7-27-15(17-8)18-9(22)6-16/h7,11,14H,3-6H2,1-2H3,(H,19,23)(H,20,24)(H,17,18,22)/t11-,14+/m1/s1. The largest absolute Gasteiger partial charge is 0.398 e. The van der Waals surface area contributed by atoms with Gasteiger partial charge in [0.15, 0.2) is 10.8 Å². The molecule has 2 atom stereocenters. The van der Waals surface area contributed by atoms with E-state index in [1.54, 1.807) is 17.1 Å². The molecule has 1 aliphatic heterocycles. The number of thiazole rings is 1. The summed E-state index contributed by atoms with van der Waals surface area (Å²) in [4.78, 5) is 44.6. The molecule has 12 heteroatoms. The van der Waals surface area contributed by atoms with Crippen LogP contribution < -0.4 is 16.0 Å². The Hall–Kier alpha value is -1.85. The summed E-state index contributed by atoms with van der Waals surface area (Å²) in [5.41, 5.74) is 0.135. The van der Waals surface area contributed by atoms with E-state index in [1.165, 1.54) is 7.11 Å². The molecule has 1 aliphatic rings. The van der Waals surface area contributed by atoms with Crippen LogP contribution in [0.2, 0.25) is 0 Å². The number of halogens is 1. The first kappa shape index (κ1) is 21.5. The lowest BCUT2D eigenvalue weighted by Gasteiger charge is -2.36. The van der Waals surface area contributed by atoms with E-state index in [0.717, 1.165) is 29.9 Å². The van der Waals surface area contributed by atoms with Crippen molar-refractivity contribution in [3.8, 4) is 0 Å². The van der Waals surface area contributed by atoms with Gasteiger partial charge in [0.2, 0.25) is 11.8 Å². The number of amides is 3. The minimum Gasteiger partial charge on any atom is -0.398 e. The average molecular weight is 434 g/mol. The molecule has 0 aromatic carbocycles. The average Bonchev–Trinajstić information content (AvgIpc) is 3.11. The summed E-state index contributed by atoms with van der Waals surface area (Å²) >= 11 is 8.14. The molecular formula is C15H20ClN5O4S2. The van der Waals surface area contributed by atoms with Crippen LogP contribution >= 0.6 is 34.7 Å². The number of carbonyl (C=O) groups is 3. The maximum absolute atomic E-state index is 12.6. The molecule has 1 saturated heterocycles. The van der Waals surface area contributed by atoms with Crippen molar-refractivity contribution in [2.75, 3.05) is 24.1 Å². The van der Waals surface area contributed by atoms with Crippen LogP contribution in [0.25, 0.3) is 0 Å². The number of nitrogens with one attached hydrogen (secondary N) is 3. The maximum Gasteiger partial charge on any atom is 0.276 e. The first-order valence-corrected chi connectivity index (χ1v) is 10.6. The van der Waals surface area contributed by atoms with Crippen LogP contribution in [0.4, 0.5) is 5.13 Å². The summed E-state index contributed by atoms with van der Waals surface area (Å²) in [6, 6.07) is -0.643. The Morgan fingerprint density at radius 2 is 2.30 bits per heavy atom. The molecule has 27 heavy (non-hydrogen) atoms. The van der Waals surface area contributed by atoms with Crippen LogP contribution in [-0.2, 0) is 19.2 Å². The van der Waals surface area contributed by atoms with Crippen LogP contribution in [0.5, 0.6) is 0 Å². The number of rotatable bonds is 10. The predicted molar refractivity (Wildman–Crippen MR) is 106 cm³/mol. The molecular weight excluding hydrogens is 414 g/mol. The number of hydrogen-bond acceptors (Lipinski definition) is 8. The van der Waals surface area contributed by atoms with Gasteiger partial charge >= 0.3 is 0 Å². The molecule has 9 nitrogen and oxygen atoms in total. The molecule has 3 amide bonds. The van der Waals surface area contributed by atoms with Crippen molar-refractivity contribution in [1.29, 1.82) is 0 Å². The zero-order valence-electron chi connectivity index (χ0n) is 14.8. The molecule has 1 aromatic heterocycles. The molecule has 1 fully saturated rings. The normalized spacial score (nSPS) is 19.1. The molecule has 0 bridgehead atoms. The van der Waals surface area contributed by atoms with Gasteiger partial charge in [-0.3, -0.25) is 14.4 Å². The van der Waals surface area contributed by atoms with Crippen molar-refractivity contribution < 1.29 is 19.2 Å². The summed E-state index contributed by atoms with van der Waals surface area (Å²) in [5, 5.41) is 13.3. The fraction of sp³-hybridized carbons (Fsp3) is 0.533. The highest BCUT2D eigenvalue weighted by Crippen LogP contribution is 2.22. The fourth-order valence-corrected chi connectivity index (χ4v) is 4.16. The van der Waals surface area contributed by atoms with Crippen LogP contribution in [-0.4, -0.2) is 58.6 Å². The lowest BCUT2D eigenvalue weighted by molar-refractivity contribution is -0.132. The van der Waals surface area contributed by atoms with E-state index in [2.05, 4.69) is 33.0 Å². The van der Waals surface area contributed by atoms with Crippen LogP contribution in [0.15, 0.2) is 10.5 Å². The Kier molecular flexibility index (Phi) is 8.32. The Labute approximate surface area is 169 Å². The Morgan fingerprint density at radius 3 is 2.93 bits per heavy atom. The highest BCUT2D eigenvalue weighted by Gasteiger charge is 2.41. The third-order valence-corrected chi connectivity index (χ3v) is 5.74. The summed E-state index contributed by atoms with van der Waals surface area (Å²) < 4.78 is 0. The van der Waals surface area contributed by atoms with Crippen LogP contribution in [0.3, 0.4) is 0 Å². The number of alkyl halides is 1. The number of thioether (sulfide) groups is 1. The molecule has 0 unspecified atom stereocenters. The van der Waals surface area contributed by atoms with Crippen LogP contribution in [0, 0.1) is 0 Å². The van der Waals surface area contributed by atoms with Gasteiger partial charge in [0.05, 0.1) is 0 Å². The minimum absolute atomic E-state index is 0.0860. The zero-order valence-corrected chi connectivity index (χ0v) is 17.2. The summed E-state index contributed by atoms with van der Waals surface area (Å²) in [5.74, 6) is -0.559. The van der Waals surface area contributed by atoms with E-state index in [0.29, 0.717) is 0 Å². The van der Waals surface area contributed by atoms with Crippen molar-refractivity contribution >= 4 is 63.3 Å². The summed E-state index contributed by atoms with van der Waals surface area (Å²) in [7, 11) is 1.30. The maximum atomic E-state index is 12.6. The van der Waals surface area contributed by atoms with E-state index >= 15 is 0 Å². The fourth-order valence-electron chi connectivity index (χ4n) is 2.09. The highest BCUT2D eigenvalue weighted by molar-refractivity contribution is 8.00. The highest BCUT2D eigenvalue weighted by atomic mass is 35.5. The number of carbonyl (C=O) groups excluding carboxylic acids is 3. The van der Waals surface area contributed by atoms with Crippen LogP contribution in [0.1, 0.15) is 25.5 Å². The monoisotopic (exact) mass is 433 g/mol. The summed E-state index contributed by atoms with van der Waals surface area (Å²) in [6.07, 6.45) is 2.09. The molecule has 2 heterocycles. The topological polar surface area (TPSA) is 122 Å². The number of anilines is 1. The number of hydrogen-bond donors (Lipinski definition) is 3. The van der Waals surface area contributed by atoms with E-state index in [-0.39, 0.29) is 33.7 Å². The van der Waals surface area contributed by atoms with Gasteiger partial charge in [0, 0.05) is 5.38 Å². The Balaban J connectivity index is 2.03. The van der Waals surface area contributed by atoms with E-state index < -0.39 is 17.9 Å². The second kappa shape index (κ2) is 10.5. The van der Waals surface area contributed by atoms with Gasteiger partial charge in [-0.05, 0) is 12.2 Å². The van der Waals surface area contributed by atoms with E-state index in [4.69, 9.17) is 16.4 Å². The van der Waals surface area contributed by atoms with Gasteiger partial charge in [0.1, 0.15) is 30.1 Å². The van der Waals surface area contributed by atoms with Crippen molar-refractivity contribution in [2.24, 2.45) is 5.16 Å². The first-order chi connectivity index (χ1) is 13.0. The molecule has 3 N–H and O–H groups in total. The summed E-state index contributed by atoms with van der Waals surface area (Å²) in [6.45, 7) is 2.09. The van der Waals surface area contributed by atoms with Gasteiger partial charge in [-0.15, -0.1) is 34.7 Å². The molecule has 0 radical (unpaired) electrons. The van der Waals surface area contributed by atoms with E-state index in [1.807, 2.05) is 0 Å². The number of oxime groups is 1. The number of β-lactam (4-membered cyclic amide) rings is 1. The van der Waals surface area contributed by atoms with E-state index in [9.17, 15) is 14.4 Å². The van der Waals surface area contributed by atoms with Gasteiger partial charge in [-0.25, -0.2) is 4.98 Å². The third-order valence-electron chi connectivity index (χ3n) is 3.46. The quantitative estimate of drug-likeness (QED) is 0.167. The van der Waals surface area contributed by atoms with Gasteiger partial charge in [-0.1, -0.05) is 18.5 Å². The number of unbranched alkanes of at least 4 members (excludes halogenated alkanes) is 1. The van der Waals surface area contributed by atoms with Gasteiger partial charge < -0.3 is 20.8 Å². The molecule has 0 saturated carbocycles. The van der Waals surface area contributed by atoms with Crippen molar-refractivity contribution in [3.63, 3.8) is 0 Å². The second-order valence-corrected chi connectivity index (χ2v) is 7.82. The predicted octanol–water partition coefficient (Wildman–Crippen LogP) is 1.14. The molecule has 148 valence electrons. The first-order valence-electron chi connectivity index (χ1n) is 8.15. The molecule has 1 aromatic rings. The smallest absolute Gasteiger partial charge is 0.276 e. The number of aromatic nitrogens is 1. The second-order valence-electron chi connectivity index (χ2n) is 5.45. The van der Waals surface area contributed by atoms with Gasteiger partial charge in [0.25, 0.3) is 5.91 Å². The molecule has 2 rings (SSSR count). The SMILES string of the molecule is CCCCS[C@@H]1NC(=O)[C@H]1NC(=O)C(=NOC)c1csc(NC(=O)CCl)n1. The molecule has 0 aliphatic carbocycles. The Morgan fingerprint density at radius 1 is 1.52 bits per heavy atom. The number of nitrogens with zero attached hydrogens (tertiary/aromatic N) is 2. The van der Waals surface area contributed by atoms with Crippen molar-refractivity contribution in [2.45, 2.75) is 31.2 Å². The minimum atomic E-state index is -0.643. The Bertz CT molecular complexity index is 727. The van der Waals surface area contributed by atoms with Crippen molar-refractivity contribution in [1.82, 2.24) is 15.6 Å². The zero-order chi connectivity index (χ0) is 19.8. The lowest BCUT2D eigenvalue weighted by atomic mass is 10.1. The lowest BCUT2D eigenvalue weighted by Crippen LogP contribution is -2.68. The third kappa shape index (κ3) is 5.81. The van der Waals surface area contributed by atoms with Crippen molar-refractivity contribution in [3.05, 3.63) is 11.1 Å². The van der Waals surface area contributed by atoms with Gasteiger partial charge in [-0.2, -0.15) is 0 Å².